The second-order valence-electron chi connectivity index (χ2n) is 3.29. The molecule has 0 radical (unpaired) electrons. The van der Waals surface area contributed by atoms with E-state index in [9.17, 15) is 0 Å². The summed E-state index contributed by atoms with van der Waals surface area (Å²) in [5, 5.41) is 3.55. The molecule has 0 aliphatic carbocycles. The maximum atomic E-state index is 3.55. The molecule has 0 aromatic rings. The van der Waals surface area contributed by atoms with Gasteiger partial charge in [0, 0.05) is 6.04 Å². The number of nitrogens with one attached hydrogen (secondary N) is 1. The van der Waals surface area contributed by atoms with Gasteiger partial charge in [-0.15, -0.1) is 0 Å². The van der Waals surface area contributed by atoms with Crippen molar-refractivity contribution in [1.82, 2.24) is 5.32 Å². The summed E-state index contributed by atoms with van der Waals surface area (Å²) in [6, 6.07) is 0.855. The molecule has 1 unspecified atom stereocenters. The maximum Gasteiger partial charge on any atom is 0.00670 e. The summed E-state index contributed by atoms with van der Waals surface area (Å²) in [6.07, 6.45) is 8.40. The standard InChI is InChI=1S/C9H19N.C2H6/c1-2-3-6-9-7-4-5-8-10-9;1-2/h9-10H,2-8H2,1H3;1-2H3. The van der Waals surface area contributed by atoms with Gasteiger partial charge in [-0.3, -0.25) is 0 Å². The largest absolute Gasteiger partial charge is 0.314 e. The van der Waals surface area contributed by atoms with Crippen LogP contribution >= 0.6 is 0 Å². The topological polar surface area (TPSA) is 12.0 Å². The third-order valence-electron chi connectivity index (χ3n) is 2.32. The van der Waals surface area contributed by atoms with Crippen LogP contribution in [0.1, 0.15) is 59.3 Å². The Hall–Kier alpha value is -0.0400. The van der Waals surface area contributed by atoms with Gasteiger partial charge in [-0.1, -0.05) is 40.0 Å². The molecule has 1 aliphatic heterocycles. The lowest BCUT2D eigenvalue weighted by Crippen LogP contribution is -2.33. The highest BCUT2D eigenvalue weighted by atomic mass is 14.9. The smallest absolute Gasteiger partial charge is 0.00670 e. The van der Waals surface area contributed by atoms with Crippen LogP contribution in [0.3, 0.4) is 0 Å². The van der Waals surface area contributed by atoms with Crippen LogP contribution < -0.4 is 5.32 Å². The lowest BCUT2D eigenvalue weighted by atomic mass is 10.0. The van der Waals surface area contributed by atoms with Crippen molar-refractivity contribution in [1.29, 1.82) is 0 Å². The Morgan fingerprint density at radius 3 is 2.50 bits per heavy atom. The van der Waals surface area contributed by atoms with Crippen LogP contribution in [0.5, 0.6) is 0 Å². The van der Waals surface area contributed by atoms with Crippen molar-refractivity contribution in [3.8, 4) is 0 Å². The molecule has 1 fully saturated rings. The highest BCUT2D eigenvalue weighted by molar-refractivity contribution is 4.71. The van der Waals surface area contributed by atoms with Crippen LogP contribution in [-0.2, 0) is 0 Å². The third kappa shape index (κ3) is 5.59. The highest BCUT2D eigenvalue weighted by Gasteiger charge is 2.10. The molecule has 1 nitrogen and oxygen atoms in total. The van der Waals surface area contributed by atoms with Crippen molar-refractivity contribution in [3.63, 3.8) is 0 Å². The molecule has 0 aromatic heterocycles. The van der Waals surface area contributed by atoms with Gasteiger partial charge in [0.1, 0.15) is 0 Å². The number of hydrogen-bond donors (Lipinski definition) is 1. The van der Waals surface area contributed by atoms with Crippen LogP contribution in [0.25, 0.3) is 0 Å². The average molecular weight is 171 g/mol. The molecule has 0 saturated carbocycles. The average Bonchev–Trinajstić information content (AvgIpc) is 2.19. The molecule has 0 amide bonds. The van der Waals surface area contributed by atoms with Gasteiger partial charge in [0.15, 0.2) is 0 Å². The summed E-state index contributed by atoms with van der Waals surface area (Å²) in [7, 11) is 0. The molecule has 74 valence electrons. The van der Waals surface area contributed by atoms with Crippen molar-refractivity contribution >= 4 is 0 Å². The van der Waals surface area contributed by atoms with E-state index in [2.05, 4.69) is 12.2 Å². The van der Waals surface area contributed by atoms with E-state index in [1.165, 1.54) is 45.1 Å². The van der Waals surface area contributed by atoms with E-state index in [0.29, 0.717) is 0 Å². The molecule has 1 N–H and O–H groups in total. The molecule has 0 bridgehead atoms. The van der Waals surface area contributed by atoms with Crippen LogP contribution in [0.15, 0.2) is 0 Å². The van der Waals surface area contributed by atoms with Crippen LogP contribution in [0.2, 0.25) is 0 Å². The van der Waals surface area contributed by atoms with Crippen molar-refractivity contribution in [2.75, 3.05) is 6.54 Å². The first-order chi connectivity index (χ1) is 5.93. The molecule has 1 heterocycles. The fraction of sp³-hybridized carbons (Fsp3) is 1.00. The molecular weight excluding hydrogens is 146 g/mol. The van der Waals surface area contributed by atoms with E-state index in [1.54, 1.807) is 0 Å². The Bertz CT molecular complexity index is 75.1. The van der Waals surface area contributed by atoms with Gasteiger partial charge in [0.2, 0.25) is 0 Å². The van der Waals surface area contributed by atoms with Gasteiger partial charge in [-0.2, -0.15) is 0 Å². The van der Waals surface area contributed by atoms with Crippen LogP contribution in [-0.4, -0.2) is 12.6 Å². The molecular formula is C11H25N. The Balaban J connectivity index is 0.000000561. The molecule has 1 aliphatic rings. The Morgan fingerprint density at radius 1 is 1.25 bits per heavy atom. The first-order valence-corrected chi connectivity index (χ1v) is 5.67. The summed E-state index contributed by atoms with van der Waals surface area (Å²) in [5.41, 5.74) is 0. The minimum Gasteiger partial charge on any atom is -0.314 e. The SMILES string of the molecule is CC.CCCCC1CCCCN1. The summed E-state index contributed by atoms with van der Waals surface area (Å²) >= 11 is 0. The zero-order valence-electron chi connectivity index (χ0n) is 9.03. The minimum absolute atomic E-state index is 0.855. The van der Waals surface area contributed by atoms with Gasteiger partial charge >= 0.3 is 0 Å². The molecule has 1 heteroatoms. The fourth-order valence-corrected chi connectivity index (χ4v) is 1.62. The Morgan fingerprint density at radius 2 is 2.00 bits per heavy atom. The number of unbranched alkanes of at least 4 members (excludes halogenated alkanes) is 1. The molecule has 0 spiro atoms. The number of piperidine rings is 1. The summed E-state index contributed by atoms with van der Waals surface area (Å²) in [6.45, 7) is 7.53. The molecule has 1 atom stereocenters. The molecule has 0 aromatic carbocycles. The predicted octanol–water partition coefficient (Wildman–Crippen LogP) is 3.34. The van der Waals surface area contributed by atoms with Crippen molar-refractivity contribution < 1.29 is 0 Å². The number of hydrogen-bond acceptors (Lipinski definition) is 1. The zero-order chi connectivity index (χ0) is 9.23. The van der Waals surface area contributed by atoms with Crippen molar-refractivity contribution in [3.05, 3.63) is 0 Å². The van der Waals surface area contributed by atoms with E-state index in [4.69, 9.17) is 0 Å². The Labute approximate surface area is 77.9 Å². The van der Waals surface area contributed by atoms with E-state index >= 15 is 0 Å². The van der Waals surface area contributed by atoms with Gasteiger partial charge in [0.25, 0.3) is 0 Å². The quantitative estimate of drug-likeness (QED) is 0.686. The maximum absolute atomic E-state index is 3.55. The zero-order valence-corrected chi connectivity index (χ0v) is 9.03. The van der Waals surface area contributed by atoms with E-state index in [1.807, 2.05) is 13.8 Å². The second kappa shape index (κ2) is 9.05. The minimum atomic E-state index is 0.855. The highest BCUT2D eigenvalue weighted by Crippen LogP contribution is 2.12. The normalized spacial score (nSPS) is 22.8. The first kappa shape index (κ1) is 12.0. The fourth-order valence-electron chi connectivity index (χ4n) is 1.62. The second-order valence-corrected chi connectivity index (χ2v) is 3.29. The van der Waals surface area contributed by atoms with E-state index < -0.39 is 0 Å². The van der Waals surface area contributed by atoms with Crippen molar-refractivity contribution in [2.45, 2.75) is 65.3 Å². The molecule has 1 saturated heterocycles. The summed E-state index contributed by atoms with van der Waals surface area (Å²) < 4.78 is 0. The monoisotopic (exact) mass is 171 g/mol. The van der Waals surface area contributed by atoms with Gasteiger partial charge in [-0.25, -0.2) is 0 Å². The van der Waals surface area contributed by atoms with Crippen LogP contribution in [0, 0.1) is 0 Å². The van der Waals surface area contributed by atoms with E-state index in [-0.39, 0.29) is 0 Å². The van der Waals surface area contributed by atoms with E-state index in [0.717, 1.165) is 6.04 Å². The van der Waals surface area contributed by atoms with Gasteiger partial charge in [-0.05, 0) is 25.8 Å². The predicted molar refractivity (Wildman–Crippen MR) is 56.5 cm³/mol. The van der Waals surface area contributed by atoms with Crippen LogP contribution in [0.4, 0.5) is 0 Å². The Kier molecular flexibility index (Phi) is 9.02. The lowest BCUT2D eigenvalue weighted by Gasteiger charge is -2.22. The van der Waals surface area contributed by atoms with Gasteiger partial charge in [0.05, 0.1) is 0 Å². The number of rotatable bonds is 3. The summed E-state index contributed by atoms with van der Waals surface area (Å²) in [5.74, 6) is 0. The molecule has 1 rings (SSSR count). The molecule has 12 heavy (non-hydrogen) atoms. The van der Waals surface area contributed by atoms with Gasteiger partial charge < -0.3 is 5.32 Å². The van der Waals surface area contributed by atoms with Crippen molar-refractivity contribution in [2.24, 2.45) is 0 Å². The summed E-state index contributed by atoms with van der Waals surface area (Å²) in [4.78, 5) is 0. The lowest BCUT2D eigenvalue weighted by molar-refractivity contribution is 0.374. The third-order valence-corrected chi connectivity index (χ3v) is 2.32. The first-order valence-electron chi connectivity index (χ1n) is 5.67.